The Morgan fingerprint density at radius 1 is 1.11 bits per heavy atom. The topological polar surface area (TPSA) is 24.9 Å². The number of hydrogen-bond donors (Lipinski definition) is 1. The average Bonchev–Trinajstić information content (AvgIpc) is 2.49. The molecule has 100 valence electrons. The first kappa shape index (κ1) is 13.8. The van der Waals surface area contributed by atoms with Gasteiger partial charge < -0.3 is 5.32 Å². The molecule has 1 heterocycles. The number of nitrogens with one attached hydrogen (secondary N) is 1. The molecule has 1 N–H and O–H groups in total. The lowest BCUT2D eigenvalue weighted by molar-refractivity contribution is 0.561. The number of nitrogens with zero attached hydrogens (tertiary/aromatic N) is 1. The van der Waals surface area contributed by atoms with E-state index in [9.17, 15) is 0 Å². The van der Waals surface area contributed by atoms with E-state index in [2.05, 4.69) is 53.6 Å². The van der Waals surface area contributed by atoms with Crippen molar-refractivity contribution in [1.29, 1.82) is 0 Å². The van der Waals surface area contributed by atoms with Crippen LogP contribution in [0.4, 0.5) is 0 Å². The van der Waals surface area contributed by atoms with Crippen molar-refractivity contribution in [2.75, 3.05) is 13.1 Å². The third kappa shape index (κ3) is 4.49. The first-order chi connectivity index (χ1) is 9.40. The predicted octanol–water partition coefficient (Wildman–Crippen LogP) is 3.41. The molecule has 2 heteroatoms. The van der Waals surface area contributed by atoms with Gasteiger partial charge in [-0.15, -0.1) is 0 Å². The van der Waals surface area contributed by atoms with E-state index < -0.39 is 0 Å². The van der Waals surface area contributed by atoms with Gasteiger partial charge in [-0.25, -0.2) is 0 Å². The van der Waals surface area contributed by atoms with E-state index in [1.807, 2.05) is 18.5 Å². The van der Waals surface area contributed by atoms with E-state index in [1.54, 1.807) is 0 Å². The van der Waals surface area contributed by atoms with Gasteiger partial charge in [-0.2, -0.15) is 0 Å². The number of likely N-dealkylation sites (N-methyl/N-ethyl adjacent to an activating group) is 1. The van der Waals surface area contributed by atoms with Crippen molar-refractivity contribution in [1.82, 2.24) is 10.3 Å². The quantitative estimate of drug-likeness (QED) is 0.819. The van der Waals surface area contributed by atoms with E-state index >= 15 is 0 Å². The van der Waals surface area contributed by atoms with Gasteiger partial charge in [-0.1, -0.05) is 43.3 Å². The highest BCUT2D eigenvalue weighted by Gasteiger charge is 2.10. The molecule has 0 fully saturated rings. The minimum Gasteiger partial charge on any atom is -0.316 e. The fraction of sp³-hybridized carbons (Fsp3) is 0.353. The Morgan fingerprint density at radius 2 is 1.95 bits per heavy atom. The van der Waals surface area contributed by atoms with Crippen LogP contribution in [0.3, 0.4) is 0 Å². The lowest BCUT2D eigenvalue weighted by Gasteiger charge is -2.17. The van der Waals surface area contributed by atoms with Crippen LogP contribution >= 0.6 is 0 Å². The van der Waals surface area contributed by atoms with Crippen molar-refractivity contribution in [2.45, 2.75) is 25.7 Å². The minimum absolute atomic E-state index is 0.571. The second kappa shape index (κ2) is 7.70. The van der Waals surface area contributed by atoms with E-state index in [0.717, 1.165) is 25.9 Å². The van der Waals surface area contributed by atoms with Gasteiger partial charge in [-0.3, -0.25) is 4.98 Å². The molecule has 0 spiro atoms. The molecule has 2 aromatic rings. The monoisotopic (exact) mass is 254 g/mol. The fourth-order valence-electron chi connectivity index (χ4n) is 2.32. The first-order valence-electron chi connectivity index (χ1n) is 7.04. The molecule has 1 atom stereocenters. The summed E-state index contributed by atoms with van der Waals surface area (Å²) >= 11 is 0. The molecule has 0 bridgehead atoms. The SMILES string of the molecule is CCNCC(CCc1cccnc1)c1ccccc1. The van der Waals surface area contributed by atoms with Crippen molar-refractivity contribution >= 4 is 0 Å². The molecule has 0 aliphatic rings. The van der Waals surface area contributed by atoms with Crippen LogP contribution in [0.25, 0.3) is 0 Å². The zero-order valence-electron chi connectivity index (χ0n) is 11.5. The van der Waals surface area contributed by atoms with Gasteiger partial charge in [0, 0.05) is 18.9 Å². The Balaban J connectivity index is 1.98. The van der Waals surface area contributed by atoms with Crippen LogP contribution in [0.5, 0.6) is 0 Å². The van der Waals surface area contributed by atoms with Gasteiger partial charge in [0.15, 0.2) is 0 Å². The summed E-state index contributed by atoms with van der Waals surface area (Å²) in [4.78, 5) is 4.18. The Hall–Kier alpha value is -1.67. The van der Waals surface area contributed by atoms with Gasteiger partial charge in [-0.05, 0) is 42.5 Å². The lowest BCUT2D eigenvalue weighted by atomic mass is 9.92. The molecule has 0 aliphatic carbocycles. The molecule has 0 saturated heterocycles. The molecule has 1 aromatic carbocycles. The molecule has 1 unspecified atom stereocenters. The maximum atomic E-state index is 4.18. The fourth-order valence-corrected chi connectivity index (χ4v) is 2.32. The maximum Gasteiger partial charge on any atom is 0.0299 e. The van der Waals surface area contributed by atoms with Gasteiger partial charge >= 0.3 is 0 Å². The summed E-state index contributed by atoms with van der Waals surface area (Å²) in [5, 5.41) is 3.47. The minimum atomic E-state index is 0.571. The molecule has 0 saturated carbocycles. The standard InChI is InChI=1S/C17H22N2/c1-2-18-14-17(16-8-4-3-5-9-16)11-10-15-7-6-12-19-13-15/h3-9,12-13,17-18H,2,10-11,14H2,1H3. The molecule has 2 nitrogen and oxygen atoms in total. The average molecular weight is 254 g/mol. The van der Waals surface area contributed by atoms with Gasteiger partial charge in [0.05, 0.1) is 0 Å². The lowest BCUT2D eigenvalue weighted by Crippen LogP contribution is -2.21. The molecule has 1 aromatic heterocycles. The second-order valence-electron chi connectivity index (χ2n) is 4.82. The molecular formula is C17H22N2. The summed E-state index contributed by atoms with van der Waals surface area (Å²) < 4.78 is 0. The predicted molar refractivity (Wildman–Crippen MR) is 80.3 cm³/mol. The van der Waals surface area contributed by atoms with Crippen molar-refractivity contribution in [3.63, 3.8) is 0 Å². The van der Waals surface area contributed by atoms with Crippen LogP contribution in [0.15, 0.2) is 54.9 Å². The summed E-state index contributed by atoms with van der Waals surface area (Å²) in [6.07, 6.45) is 6.04. The largest absolute Gasteiger partial charge is 0.316 e. The molecular weight excluding hydrogens is 232 g/mol. The van der Waals surface area contributed by atoms with E-state index in [1.165, 1.54) is 11.1 Å². The van der Waals surface area contributed by atoms with Crippen LogP contribution in [0, 0.1) is 0 Å². The number of pyridine rings is 1. The van der Waals surface area contributed by atoms with Crippen LogP contribution in [-0.4, -0.2) is 18.1 Å². The molecule has 0 amide bonds. The van der Waals surface area contributed by atoms with Crippen molar-refractivity contribution in [3.8, 4) is 0 Å². The zero-order valence-corrected chi connectivity index (χ0v) is 11.5. The smallest absolute Gasteiger partial charge is 0.0299 e. The number of aromatic nitrogens is 1. The van der Waals surface area contributed by atoms with Gasteiger partial charge in [0.1, 0.15) is 0 Å². The van der Waals surface area contributed by atoms with Crippen molar-refractivity contribution in [3.05, 3.63) is 66.0 Å². The van der Waals surface area contributed by atoms with Crippen LogP contribution in [0.2, 0.25) is 0 Å². The summed E-state index contributed by atoms with van der Waals surface area (Å²) in [7, 11) is 0. The normalized spacial score (nSPS) is 12.3. The maximum absolute atomic E-state index is 4.18. The Labute approximate surface area is 115 Å². The van der Waals surface area contributed by atoms with Gasteiger partial charge in [0.2, 0.25) is 0 Å². The number of rotatable bonds is 7. The van der Waals surface area contributed by atoms with E-state index in [0.29, 0.717) is 5.92 Å². The van der Waals surface area contributed by atoms with E-state index in [4.69, 9.17) is 0 Å². The molecule has 2 rings (SSSR count). The highest BCUT2D eigenvalue weighted by molar-refractivity contribution is 5.20. The summed E-state index contributed by atoms with van der Waals surface area (Å²) in [5.41, 5.74) is 2.74. The summed E-state index contributed by atoms with van der Waals surface area (Å²) in [6.45, 7) is 4.22. The second-order valence-corrected chi connectivity index (χ2v) is 4.82. The molecule has 19 heavy (non-hydrogen) atoms. The van der Waals surface area contributed by atoms with Crippen LogP contribution in [-0.2, 0) is 6.42 Å². The highest BCUT2D eigenvalue weighted by atomic mass is 14.8. The molecule has 0 aliphatic heterocycles. The van der Waals surface area contributed by atoms with Crippen LogP contribution < -0.4 is 5.32 Å². The van der Waals surface area contributed by atoms with Gasteiger partial charge in [0.25, 0.3) is 0 Å². The van der Waals surface area contributed by atoms with Crippen molar-refractivity contribution < 1.29 is 0 Å². The van der Waals surface area contributed by atoms with Crippen molar-refractivity contribution in [2.24, 2.45) is 0 Å². The zero-order chi connectivity index (χ0) is 13.3. The molecule has 0 radical (unpaired) electrons. The number of benzene rings is 1. The Bertz CT molecular complexity index is 453. The highest BCUT2D eigenvalue weighted by Crippen LogP contribution is 2.20. The third-order valence-corrected chi connectivity index (χ3v) is 3.42. The van der Waals surface area contributed by atoms with Crippen LogP contribution in [0.1, 0.15) is 30.4 Å². The third-order valence-electron chi connectivity index (χ3n) is 3.42. The summed E-state index contributed by atoms with van der Waals surface area (Å²) in [6, 6.07) is 14.9. The summed E-state index contributed by atoms with van der Waals surface area (Å²) in [5.74, 6) is 0.571. The Kier molecular flexibility index (Phi) is 5.57. The number of hydrogen-bond acceptors (Lipinski definition) is 2. The Morgan fingerprint density at radius 3 is 2.63 bits per heavy atom. The first-order valence-corrected chi connectivity index (χ1v) is 7.04. The van der Waals surface area contributed by atoms with E-state index in [-0.39, 0.29) is 0 Å². The number of aryl methyl sites for hydroxylation is 1.